The van der Waals surface area contributed by atoms with E-state index in [1.165, 1.54) is 22.6 Å². The molecular weight excluding hydrogens is 344 g/mol. The average molecular weight is 367 g/mol. The van der Waals surface area contributed by atoms with E-state index in [1.54, 1.807) is 12.1 Å². The van der Waals surface area contributed by atoms with Gasteiger partial charge in [-0.15, -0.1) is 0 Å². The molecule has 2 nitrogen and oxygen atoms in total. The molecule has 0 aromatic heterocycles. The lowest BCUT2D eigenvalue weighted by Crippen LogP contribution is -2.03. The summed E-state index contributed by atoms with van der Waals surface area (Å²) in [6, 6.07) is 27.8. The van der Waals surface area contributed by atoms with Gasteiger partial charge in [0.15, 0.2) is 0 Å². The third-order valence-corrected chi connectivity index (χ3v) is 5.27. The van der Waals surface area contributed by atoms with Gasteiger partial charge in [0.2, 0.25) is 0 Å². The van der Waals surface area contributed by atoms with Crippen molar-refractivity contribution >= 4 is 10.8 Å². The van der Waals surface area contributed by atoms with E-state index in [9.17, 15) is 10.2 Å². The van der Waals surface area contributed by atoms with Crippen LogP contribution in [0.5, 0.6) is 11.5 Å². The molecule has 0 saturated carbocycles. The predicted octanol–water partition coefficient (Wildman–Crippen LogP) is 6.47. The Morgan fingerprint density at radius 2 is 1.36 bits per heavy atom. The maximum atomic E-state index is 9.90. The molecule has 0 aliphatic heterocycles. The maximum absolute atomic E-state index is 9.90. The summed E-state index contributed by atoms with van der Waals surface area (Å²) < 4.78 is 0. The summed E-state index contributed by atoms with van der Waals surface area (Å²) >= 11 is 0. The van der Waals surface area contributed by atoms with E-state index in [-0.39, 0.29) is 11.5 Å². The van der Waals surface area contributed by atoms with Gasteiger partial charge in [0.25, 0.3) is 0 Å². The summed E-state index contributed by atoms with van der Waals surface area (Å²) in [5, 5.41) is 22.2. The van der Waals surface area contributed by atoms with Crippen LogP contribution in [-0.2, 0) is 6.42 Å². The van der Waals surface area contributed by atoms with Gasteiger partial charge in [0, 0.05) is 6.07 Å². The van der Waals surface area contributed by atoms with Crippen LogP contribution >= 0.6 is 0 Å². The largest absolute Gasteiger partial charge is 0.508 e. The zero-order chi connectivity index (χ0) is 19.5. The topological polar surface area (TPSA) is 40.5 Å². The Bertz CT molecular complexity index is 1080. The van der Waals surface area contributed by atoms with Gasteiger partial charge < -0.3 is 10.2 Å². The highest BCUT2D eigenvalue weighted by Crippen LogP contribution is 2.34. The fraction of sp³-hybridized carbons (Fsp3) is 0.115. The van der Waals surface area contributed by atoms with Crippen LogP contribution in [0.25, 0.3) is 21.9 Å². The highest BCUT2D eigenvalue weighted by Gasteiger charge is 2.14. The van der Waals surface area contributed by atoms with Crippen LogP contribution in [0.15, 0.2) is 84.9 Å². The maximum Gasteiger partial charge on any atom is 0.119 e. The quantitative estimate of drug-likeness (QED) is 0.424. The molecular formula is C26H23O2. The molecule has 0 aliphatic rings. The summed E-state index contributed by atoms with van der Waals surface area (Å²) in [5.74, 6) is 0.451. The molecule has 1 atom stereocenters. The Balaban J connectivity index is 1.82. The van der Waals surface area contributed by atoms with E-state index in [4.69, 9.17) is 0 Å². The molecule has 1 radical (unpaired) electrons. The van der Waals surface area contributed by atoms with Crippen molar-refractivity contribution in [1.82, 2.24) is 0 Å². The highest BCUT2D eigenvalue weighted by molar-refractivity contribution is 5.90. The van der Waals surface area contributed by atoms with Gasteiger partial charge in [-0.05, 0) is 70.0 Å². The molecule has 4 aromatic carbocycles. The van der Waals surface area contributed by atoms with E-state index in [0.29, 0.717) is 5.92 Å². The van der Waals surface area contributed by atoms with Crippen LogP contribution < -0.4 is 0 Å². The van der Waals surface area contributed by atoms with E-state index < -0.39 is 0 Å². The standard InChI is InChI=1S/C26H23O2/c1-2-18(19-8-4-3-5-9-19)12-23-14-21(13-20-10-6-7-11-26(20)23)22-15-24(27)17-25(28)16-22/h3-11,13-18,27-28H,1-2,12H2. The predicted molar refractivity (Wildman–Crippen MR) is 116 cm³/mol. The fourth-order valence-corrected chi connectivity index (χ4v) is 3.86. The SMILES string of the molecule is [CH2]CC(Cc1cc(-c2cc(O)cc(O)c2)cc2ccccc12)c1ccccc1. The van der Waals surface area contributed by atoms with Gasteiger partial charge in [-0.2, -0.15) is 0 Å². The molecule has 0 heterocycles. The minimum atomic E-state index is 0.0598. The van der Waals surface area contributed by atoms with Crippen molar-refractivity contribution in [3.63, 3.8) is 0 Å². The lowest BCUT2D eigenvalue weighted by Gasteiger charge is -2.18. The van der Waals surface area contributed by atoms with Crippen molar-refractivity contribution in [1.29, 1.82) is 0 Å². The summed E-state index contributed by atoms with van der Waals surface area (Å²) in [6.45, 7) is 4.18. The van der Waals surface area contributed by atoms with Gasteiger partial charge in [-0.3, -0.25) is 0 Å². The molecule has 28 heavy (non-hydrogen) atoms. The second-order valence-corrected chi connectivity index (χ2v) is 7.19. The molecule has 139 valence electrons. The summed E-state index contributed by atoms with van der Waals surface area (Å²) in [6.07, 6.45) is 1.70. The number of hydrogen-bond donors (Lipinski definition) is 2. The Hall–Kier alpha value is -3.26. The van der Waals surface area contributed by atoms with Crippen LogP contribution in [0.2, 0.25) is 0 Å². The van der Waals surface area contributed by atoms with Gasteiger partial charge in [0.1, 0.15) is 11.5 Å². The average Bonchev–Trinajstić information content (AvgIpc) is 2.71. The summed E-state index contributed by atoms with van der Waals surface area (Å²) in [5.41, 5.74) is 4.32. The lowest BCUT2D eigenvalue weighted by atomic mass is 9.86. The zero-order valence-corrected chi connectivity index (χ0v) is 15.7. The molecule has 1 unspecified atom stereocenters. The molecule has 0 saturated heterocycles. The van der Waals surface area contributed by atoms with Crippen LogP contribution in [0, 0.1) is 6.92 Å². The Morgan fingerprint density at radius 1 is 0.714 bits per heavy atom. The molecule has 4 rings (SSSR count). The molecule has 0 spiro atoms. The molecule has 2 N–H and O–H groups in total. The van der Waals surface area contributed by atoms with Crippen LogP contribution in [-0.4, -0.2) is 10.2 Å². The summed E-state index contributed by atoms with van der Waals surface area (Å²) in [4.78, 5) is 0. The number of phenols is 2. The number of aromatic hydroxyl groups is 2. The Labute approximate surface area is 165 Å². The van der Waals surface area contributed by atoms with Crippen molar-refractivity contribution in [3.05, 3.63) is 103 Å². The molecule has 2 heteroatoms. The summed E-state index contributed by atoms with van der Waals surface area (Å²) in [7, 11) is 0. The third-order valence-electron chi connectivity index (χ3n) is 5.27. The monoisotopic (exact) mass is 367 g/mol. The van der Waals surface area contributed by atoms with Gasteiger partial charge in [-0.1, -0.05) is 67.6 Å². The lowest BCUT2D eigenvalue weighted by molar-refractivity contribution is 0.451. The second-order valence-electron chi connectivity index (χ2n) is 7.19. The van der Waals surface area contributed by atoms with Crippen molar-refractivity contribution in [3.8, 4) is 22.6 Å². The van der Waals surface area contributed by atoms with Crippen molar-refractivity contribution in [2.75, 3.05) is 0 Å². The van der Waals surface area contributed by atoms with E-state index >= 15 is 0 Å². The normalized spacial score (nSPS) is 12.2. The van der Waals surface area contributed by atoms with Crippen LogP contribution in [0.4, 0.5) is 0 Å². The number of phenolic OH excluding ortho intramolecular Hbond substituents is 2. The Kier molecular flexibility index (Phi) is 5.03. The van der Waals surface area contributed by atoms with Gasteiger partial charge in [0.05, 0.1) is 0 Å². The smallest absolute Gasteiger partial charge is 0.119 e. The van der Waals surface area contributed by atoms with Crippen LogP contribution in [0.3, 0.4) is 0 Å². The highest BCUT2D eigenvalue weighted by atomic mass is 16.3. The molecule has 4 aromatic rings. The van der Waals surface area contributed by atoms with Crippen molar-refractivity contribution in [2.45, 2.75) is 18.8 Å². The van der Waals surface area contributed by atoms with Gasteiger partial charge in [-0.25, -0.2) is 0 Å². The Morgan fingerprint density at radius 3 is 2.07 bits per heavy atom. The molecule has 0 bridgehead atoms. The van der Waals surface area contributed by atoms with Gasteiger partial charge >= 0.3 is 0 Å². The molecule has 0 fully saturated rings. The van der Waals surface area contributed by atoms with E-state index in [0.717, 1.165) is 29.4 Å². The molecule has 0 amide bonds. The van der Waals surface area contributed by atoms with Crippen molar-refractivity contribution < 1.29 is 10.2 Å². The first kappa shape index (κ1) is 18.1. The number of hydrogen-bond acceptors (Lipinski definition) is 2. The van der Waals surface area contributed by atoms with Crippen molar-refractivity contribution in [2.24, 2.45) is 0 Å². The zero-order valence-electron chi connectivity index (χ0n) is 15.7. The number of rotatable bonds is 5. The van der Waals surface area contributed by atoms with E-state index in [1.807, 2.05) is 12.1 Å². The first-order valence-electron chi connectivity index (χ1n) is 9.53. The minimum absolute atomic E-state index is 0.0598. The third kappa shape index (κ3) is 3.72. The number of fused-ring (bicyclic) bond motifs is 1. The first-order valence-corrected chi connectivity index (χ1v) is 9.53. The molecule has 0 aliphatic carbocycles. The van der Waals surface area contributed by atoms with E-state index in [2.05, 4.69) is 61.5 Å². The fourth-order valence-electron chi connectivity index (χ4n) is 3.86. The second kappa shape index (κ2) is 7.77. The minimum Gasteiger partial charge on any atom is -0.508 e. The first-order chi connectivity index (χ1) is 13.6. The number of benzene rings is 4. The van der Waals surface area contributed by atoms with Crippen LogP contribution in [0.1, 0.15) is 23.5 Å².